The SMILES string of the molecule is O=C(CCn1nc2ccccn2c1=O)NC1CCCCC1CO. The zero-order chi connectivity index (χ0) is 16.2. The summed E-state index contributed by atoms with van der Waals surface area (Å²) in [6.45, 7) is 0.361. The third-order valence-corrected chi connectivity index (χ3v) is 4.53. The van der Waals surface area contributed by atoms with Gasteiger partial charge in [0, 0.05) is 31.2 Å². The van der Waals surface area contributed by atoms with Gasteiger partial charge >= 0.3 is 5.69 Å². The number of fused-ring (bicyclic) bond motifs is 1. The van der Waals surface area contributed by atoms with E-state index >= 15 is 0 Å². The first-order valence-electron chi connectivity index (χ1n) is 8.13. The number of carbonyl (C=O) groups excluding carboxylic acids is 1. The maximum absolute atomic E-state index is 12.1. The molecule has 0 aromatic carbocycles. The average molecular weight is 318 g/mol. The summed E-state index contributed by atoms with van der Waals surface area (Å²) < 4.78 is 2.78. The van der Waals surface area contributed by atoms with Gasteiger partial charge in [0.15, 0.2) is 5.65 Å². The lowest BCUT2D eigenvalue weighted by Gasteiger charge is -2.30. The van der Waals surface area contributed by atoms with Crippen LogP contribution in [0.3, 0.4) is 0 Å². The molecule has 124 valence electrons. The molecular weight excluding hydrogens is 296 g/mol. The van der Waals surface area contributed by atoms with Crippen LogP contribution in [-0.4, -0.2) is 37.8 Å². The van der Waals surface area contributed by atoms with E-state index in [4.69, 9.17) is 0 Å². The van der Waals surface area contributed by atoms with Gasteiger partial charge in [0.25, 0.3) is 0 Å². The van der Waals surface area contributed by atoms with Crippen molar-refractivity contribution in [3.63, 3.8) is 0 Å². The van der Waals surface area contributed by atoms with E-state index in [1.165, 1.54) is 9.08 Å². The highest BCUT2D eigenvalue weighted by Crippen LogP contribution is 2.23. The van der Waals surface area contributed by atoms with Gasteiger partial charge in [-0.05, 0) is 25.0 Å². The molecule has 1 aliphatic rings. The Labute approximate surface area is 133 Å². The monoisotopic (exact) mass is 318 g/mol. The number of pyridine rings is 1. The quantitative estimate of drug-likeness (QED) is 0.843. The molecule has 2 aromatic heterocycles. The molecule has 0 spiro atoms. The Kier molecular flexibility index (Phi) is 4.76. The molecule has 1 aliphatic carbocycles. The standard InChI is InChI=1S/C16H22N4O3/c21-11-12-5-1-2-6-13(12)17-15(22)8-10-20-16(23)19-9-4-3-7-14(19)18-20/h3-4,7,9,12-13,21H,1-2,5-6,8,10-11H2,(H,17,22). The van der Waals surface area contributed by atoms with Gasteiger partial charge in [0.05, 0.1) is 6.54 Å². The third-order valence-electron chi connectivity index (χ3n) is 4.53. The maximum atomic E-state index is 12.1. The zero-order valence-electron chi connectivity index (χ0n) is 13.0. The highest BCUT2D eigenvalue weighted by Gasteiger charge is 2.25. The van der Waals surface area contributed by atoms with Crippen molar-refractivity contribution < 1.29 is 9.90 Å². The summed E-state index contributed by atoms with van der Waals surface area (Å²) in [4.78, 5) is 24.3. The van der Waals surface area contributed by atoms with E-state index in [0.717, 1.165) is 25.7 Å². The van der Waals surface area contributed by atoms with Gasteiger partial charge in [-0.25, -0.2) is 9.48 Å². The summed E-state index contributed by atoms with van der Waals surface area (Å²) in [5, 5.41) is 16.6. The molecular formula is C16H22N4O3. The van der Waals surface area contributed by atoms with Crippen LogP contribution >= 0.6 is 0 Å². The van der Waals surface area contributed by atoms with E-state index in [1.54, 1.807) is 18.3 Å². The number of carbonyl (C=O) groups is 1. The summed E-state index contributed by atoms with van der Waals surface area (Å²) in [6, 6.07) is 5.38. The molecule has 1 fully saturated rings. The fourth-order valence-electron chi connectivity index (χ4n) is 3.22. The van der Waals surface area contributed by atoms with E-state index in [9.17, 15) is 14.7 Å². The fourth-order valence-corrected chi connectivity index (χ4v) is 3.22. The summed E-state index contributed by atoms with van der Waals surface area (Å²) in [5.74, 6) is 0.0462. The second kappa shape index (κ2) is 6.95. The number of aliphatic hydroxyl groups is 1. The Balaban J connectivity index is 1.60. The molecule has 7 heteroatoms. The maximum Gasteiger partial charge on any atom is 0.350 e. The van der Waals surface area contributed by atoms with Crippen LogP contribution in [0.4, 0.5) is 0 Å². The number of aliphatic hydroxyl groups excluding tert-OH is 1. The van der Waals surface area contributed by atoms with Gasteiger partial charge in [-0.1, -0.05) is 18.9 Å². The first-order valence-corrected chi connectivity index (χ1v) is 8.13. The Morgan fingerprint density at radius 3 is 2.96 bits per heavy atom. The molecule has 1 saturated carbocycles. The lowest BCUT2D eigenvalue weighted by Crippen LogP contribution is -2.43. The molecule has 23 heavy (non-hydrogen) atoms. The van der Waals surface area contributed by atoms with Crippen LogP contribution in [0.25, 0.3) is 5.65 Å². The first-order chi connectivity index (χ1) is 11.2. The summed E-state index contributed by atoms with van der Waals surface area (Å²) >= 11 is 0. The lowest BCUT2D eigenvalue weighted by atomic mass is 9.85. The lowest BCUT2D eigenvalue weighted by molar-refractivity contribution is -0.122. The number of hydrogen-bond donors (Lipinski definition) is 2. The van der Waals surface area contributed by atoms with Gasteiger partial charge in [-0.3, -0.25) is 9.20 Å². The molecule has 2 heterocycles. The van der Waals surface area contributed by atoms with Crippen LogP contribution in [0, 0.1) is 5.92 Å². The summed E-state index contributed by atoms with van der Waals surface area (Å²) in [7, 11) is 0. The van der Waals surface area contributed by atoms with Gasteiger partial charge < -0.3 is 10.4 Å². The number of amides is 1. The van der Waals surface area contributed by atoms with E-state index in [-0.39, 0.29) is 43.1 Å². The molecule has 1 amide bonds. The fraction of sp³-hybridized carbons (Fsp3) is 0.562. The largest absolute Gasteiger partial charge is 0.396 e. The normalized spacial score (nSPS) is 21.4. The molecule has 2 unspecified atom stereocenters. The average Bonchev–Trinajstić information content (AvgIpc) is 2.90. The summed E-state index contributed by atoms with van der Waals surface area (Å²) in [6.07, 6.45) is 5.91. The minimum Gasteiger partial charge on any atom is -0.396 e. The Morgan fingerprint density at radius 1 is 1.35 bits per heavy atom. The van der Waals surface area contributed by atoms with Crippen molar-refractivity contribution in [2.75, 3.05) is 6.61 Å². The highest BCUT2D eigenvalue weighted by atomic mass is 16.3. The number of hydrogen-bond acceptors (Lipinski definition) is 4. The van der Waals surface area contributed by atoms with Crippen LogP contribution in [0.1, 0.15) is 32.1 Å². The first kappa shape index (κ1) is 15.7. The van der Waals surface area contributed by atoms with Crippen LogP contribution in [0.2, 0.25) is 0 Å². The Hall–Kier alpha value is -2.15. The van der Waals surface area contributed by atoms with Gasteiger partial charge in [-0.15, -0.1) is 5.10 Å². The van der Waals surface area contributed by atoms with Crippen molar-refractivity contribution in [2.24, 2.45) is 5.92 Å². The second-order valence-electron chi connectivity index (χ2n) is 6.09. The number of aryl methyl sites for hydroxylation is 1. The van der Waals surface area contributed by atoms with Crippen LogP contribution < -0.4 is 11.0 Å². The molecule has 0 aliphatic heterocycles. The Bertz CT molecular complexity index is 736. The van der Waals surface area contributed by atoms with Gasteiger partial charge in [0.2, 0.25) is 5.91 Å². The van der Waals surface area contributed by atoms with Crippen molar-refractivity contribution >= 4 is 11.6 Å². The predicted molar refractivity (Wildman–Crippen MR) is 85.0 cm³/mol. The minimum atomic E-state index is -0.237. The van der Waals surface area contributed by atoms with Crippen LogP contribution in [0.15, 0.2) is 29.2 Å². The Morgan fingerprint density at radius 2 is 2.17 bits per heavy atom. The van der Waals surface area contributed by atoms with E-state index < -0.39 is 0 Å². The van der Waals surface area contributed by atoms with Crippen molar-refractivity contribution in [3.05, 3.63) is 34.9 Å². The molecule has 3 rings (SSSR count). The molecule has 2 N–H and O–H groups in total. The second-order valence-corrected chi connectivity index (χ2v) is 6.09. The van der Waals surface area contributed by atoms with Crippen molar-refractivity contribution in [2.45, 2.75) is 44.7 Å². The van der Waals surface area contributed by atoms with Crippen molar-refractivity contribution in [3.8, 4) is 0 Å². The molecule has 2 atom stereocenters. The topological polar surface area (TPSA) is 88.6 Å². The van der Waals surface area contributed by atoms with Crippen molar-refractivity contribution in [1.82, 2.24) is 19.5 Å². The van der Waals surface area contributed by atoms with Crippen molar-refractivity contribution in [1.29, 1.82) is 0 Å². The highest BCUT2D eigenvalue weighted by molar-refractivity contribution is 5.76. The smallest absolute Gasteiger partial charge is 0.350 e. The minimum absolute atomic E-state index is 0.0408. The van der Waals surface area contributed by atoms with Gasteiger partial charge in [-0.2, -0.15) is 0 Å². The molecule has 0 radical (unpaired) electrons. The molecule has 0 bridgehead atoms. The molecule has 0 saturated heterocycles. The summed E-state index contributed by atoms with van der Waals surface area (Å²) in [5.41, 5.74) is 0.338. The third kappa shape index (κ3) is 3.44. The van der Waals surface area contributed by atoms with Gasteiger partial charge in [0.1, 0.15) is 0 Å². The van der Waals surface area contributed by atoms with E-state index in [2.05, 4.69) is 10.4 Å². The number of rotatable bonds is 5. The molecule has 2 aromatic rings. The van der Waals surface area contributed by atoms with E-state index in [1.807, 2.05) is 6.07 Å². The number of nitrogens with zero attached hydrogens (tertiary/aromatic N) is 3. The number of aromatic nitrogens is 3. The zero-order valence-corrected chi connectivity index (χ0v) is 13.0. The van der Waals surface area contributed by atoms with Crippen LogP contribution in [-0.2, 0) is 11.3 Å². The van der Waals surface area contributed by atoms with Crippen LogP contribution in [0.5, 0.6) is 0 Å². The molecule has 7 nitrogen and oxygen atoms in total. The number of nitrogens with one attached hydrogen (secondary N) is 1. The predicted octanol–water partition coefficient (Wildman–Crippen LogP) is 0.553. The van der Waals surface area contributed by atoms with E-state index in [0.29, 0.717) is 5.65 Å².